The number of likely N-dealkylation sites (tertiary alicyclic amines) is 1. The highest BCUT2D eigenvalue weighted by Crippen LogP contribution is 2.24. The molecule has 1 aromatic carbocycles. The molecule has 0 saturated carbocycles. The van der Waals surface area contributed by atoms with Gasteiger partial charge >= 0.3 is 0 Å². The second-order valence-corrected chi connectivity index (χ2v) is 5.30. The Labute approximate surface area is 112 Å². The molecule has 0 radical (unpaired) electrons. The fraction of sp³-hybridized carbons (Fsp3) is 0.400. The van der Waals surface area contributed by atoms with E-state index in [-0.39, 0.29) is 11.9 Å². The van der Waals surface area contributed by atoms with Crippen LogP contribution in [0.25, 0.3) is 10.9 Å². The lowest BCUT2D eigenvalue weighted by molar-refractivity contribution is 0.252. The lowest BCUT2D eigenvalue weighted by Crippen LogP contribution is -2.36. The third-order valence-corrected chi connectivity index (χ3v) is 4.07. The second kappa shape index (κ2) is 4.87. The minimum atomic E-state index is -0.202. The fourth-order valence-corrected chi connectivity index (χ4v) is 2.82. The van der Waals surface area contributed by atoms with Gasteiger partial charge in [0.1, 0.15) is 5.82 Å². The summed E-state index contributed by atoms with van der Waals surface area (Å²) >= 11 is 0. The Morgan fingerprint density at radius 3 is 3.05 bits per heavy atom. The zero-order valence-electron chi connectivity index (χ0n) is 11.0. The number of benzene rings is 1. The number of hydrogen-bond acceptors (Lipinski definition) is 3. The molecule has 1 aliphatic heterocycles. The number of hydrogen-bond donors (Lipinski definition) is 1. The predicted molar refractivity (Wildman–Crippen MR) is 74.2 cm³/mol. The van der Waals surface area contributed by atoms with Crippen LogP contribution in [0.4, 0.5) is 4.39 Å². The Balaban J connectivity index is 1.96. The molecular weight excluding hydrogens is 241 g/mol. The van der Waals surface area contributed by atoms with E-state index in [1.54, 1.807) is 12.3 Å². The largest absolute Gasteiger partial charge is 0.326 e. The number of nitrogens with zero attached hydrogens (tertiary/aromatic N) is 2. The predicted octanol–water partition coefficient (Wildman–Crippen LogP) is 2.30. The minimum absolute atomic E-state index is 0.202. The quantitative estimate of drug-likeness (QED) is 0.899. The van der Waals surface area contributed by atoms with Crippen molar-refractivity contribution in [2.45, 2.75) is 32.0 Å². The third kappa shape index (κ3) is 2.33. The fourth-order valence-electron chi connectivity index (χ4n) is 2.82. The van der Waals surface area contributed by atoms with E-state index in [0.717, 1.165) is 29.4 Å². The molecule has 2 heterocycles. The van der Waals surface area contributed by atoms with Crippen LogP contribution in [-0.2, 0) is 6.54 Å². The number of halogens is 1. The number of rotatable bonds is 2. The molecule has 3 nitrogen and oxygen atoms in total. The molecule has 0 amide bonds. The van der Waals surface area contributed by atoms with Gasteiger partial charge in [-0.05, 0) is 37.1 Å². The van der Waals surface area contributed by atoms with Gasteiger partial charge in [-0.3, -0.25) is 9.88 Å². The van der Waals surface area contributed by atoms with Crippen molar-refractivity contribution in [2.24, 2.45) is 5.73 Å². The van der Waals surface area contributed by atoms with Crippen LogP contribution >= 0.6 is 0 Å². The van der Waals surface area contributed by atoms with E-state index in [0.29, 0.717) is 12.6 Å². The molecule has 2 atom stereocenters. The van der Waals surface area contributed by atoms with Crippen molar-refractivity contribution in [1.82, 2.24) is 9.88 Å². The summed E-state index contributed by atoms with van der Waals surface area (Å²) < 4.78 is 13.7. The average molecular weight is 259 g/mol. The third-order valence-electron chi connectivity index (χ3n) is 4.07. The smallest absolute Gasteiger partial charge is 0.124 e. The van der Waals surface area contributed by atoms with Crippen LogP contribution in [-0.4, -0.2) is 28.5 Å². The topological polar surface area (TPSA) is 42.1 Å². The van der Waals surface area contributed by atoms with Crippen LogP contribution in [0.3, 0.4) is 0 Å². The van der Waals surface area contributed by atoms with Gasteiger partial charge in [-0.1, -0.05) is 6.07 Å². The summed E-state index contributed by atoms with van der Waals surface area (Å²) in [4.78, 5) is 6.68. The molecule has 1 fully saturated rings. The number of fused-ring (bicyclic) bond motifs is 1. The highest BCUT2D eigenvalue weighted by atomic mass is 19.1. The minimum Gasteiger partial charge on any atom is -0.326 e. The highest BCUT2D eigenvalue weighted by molar-refractivity contribution is 5.81. The summed E-state index contributed by atoms with van der Waals surface area (Å²) in [5.41, 5.74) is 7.86. The molecule has 2 unspecified atom stereocenters. The van der Waals surface area contributed by atoms with Gasteiger partial charge in [0.05, 0.1) is 5.52 Å². The summed E-state index contributed by atoms with van der Waals surface area (Å²) in [6.07, 6.45) is 2.75. The molecule has 1 saturated heterocycles. The van der Waals surface area contributed by atoms with Gasteiger partial charge < -0.3 is 5.73 Å². The summed E-state index contributed by atoms with van der Waals surface area (Å²) in [5.74, 6) is -0.202. The van der Waals surface area contributed by atoms with E-state index >= 15 is 0 Å². The number of pyridine rings is 1. The molecule has 2 aromatic rings. The Morgan fingerprint density at radius 1 is 1.47 bits per heavy atom. The summed E-state index contributed by atoms with van der Waals surface area (Å²) in [6, 6.07) is 7.40. The Bertz CT molecular complexity index is 599. The van der Waals surface area contributed by atoms with Crippen molar-refractivity contribution < 1.29 is 4.39 Å². The van der Waals surface area contributed by atoms with Gasteiger partial charge in [0.15, 0.2) is 0 Å². The van der Waals surface area contributed by atoms with Gasteiger partial charge in [-0.2, -0.15) is 0 Å². The first-order chi connectivity index (χ1) is 9.15. The number of nitrogens with two attached hydrogens (primary N) is 1. The van der Waals surface area contributed by atoms with Crippen LogP contribution in [0.2, 0.25) is 0 Å². The zero-order valence-corrected chi connectivity index (χ0v) is 11.0. The standard InChI is InChI=1S/C15H18FN3/c1-10-14(17)4-6-19(10)9-12-8-13(16)7-11-3-2-5-18-15(11)12/h2-3,5,7-8,10,14H,4,6,9,17H2,1H3. The molecule has 3 rings (SSSR count). The van der Waals surface area contributed by atoms with Crippen LogP contribution in [0.1, 0.15) is 18.9 Å². The second-order valence-electron chi connectivity index (χ2n) is 5.30. The van der Waals surface area contributed by atoms with Crippen molar-refractivity contribution >= 4 is 10.9 Å². The van der Waals surface area contributed by atoms with E-state index in [2.05, 4.69) is 16.8 Å². The lowest BCUT2D eigenvalue weighted by atomic mass is 10.1. The maximum absolute atomic E-state index is 13.7. The highest BCUT2D eigenvalue weighted by Gasteiger charge is 2.28. The van der Waals surface area contributed by atoms with Crippen LogP contribution < -0.4 is 5.73 Å². The van der Waals surface area contributed by atoms with Crippen molar-refractivity contribution in [3.05, 3.63) is 41.8 Å². The summed E-state index contributed by atoms with van der Waals surface area (Å²) in [7, 11) is 0. The van der Waals surface area contributed by atoms with Crippen LogP contribution in [0.15, 0.2) is 30.5 Å². The van der Waals surface area contributed by atoms with E-state index < -0.39 is 0 Å². The average Bonchev–Trinajstić information content (AvgIpc) is 2.70. The van der Waals surface area contributed by atoms with Gasteiger partial charge in [0, 0.05) is 36.8 Å². The van der Waals surface area contributed by atoms with E-state index in [4.69, 9.17) is 5.73 Å². The van der Waals surface area contributed by atoms with Gasteiger partial charge in [-0.15, -0.1) is 0 Å². The van der Waals surface area contributed by atoms with Gasteiger partial charge in [0.2, 0.25) is 0 Å². The monoisotopic (exact) mass is 259 g/mol. The maximum Gasteiger partial charge on any atom is 0.124 e. The zero-order chi connectivity index (χ0) is 13.4. The molecule has 2 N–H and O–H groups in total. The lowest BCUT2D eigenvalue weighted by Gasteiger charge is -2.23. The SMILES string of the molecule is CC1C(N)CCN1Cc1cc(F)cc2cccnc12. The van der Waals surface area contributed by atoms with Crippen molar-refractivity contribution in [3.8, 4) is 0 Å². The first-order valence-corrected chi connectivity index (χ1v) is 6.68. The van der Waals surface area contributed by atoms with E-state index in [1.165, 1.54) is 6.07 Å². The van der Waals surface area contributed by atoms with E-state index in [9.17, 15) is 4.39 Å². The molecule has 0 aliphatic carbocycles. The molecular formula is C15H18FN3. The summed E-state index contributed by atoms with van der Waals surface area (Å²) in [6.45, 7) is 3.81. The van der Waals surface area contributed by atoms with Crippen molar-refractivity contribution in [1.29, 1.82) is 0 Å². The van der Waals surface area contributed by atoms with Crippen molar-refractivity contribution in [2.75, 3.05) is 6.54 Å². The molecule has 0 bridgehead atoms. The molecule has 1 aliphatic rings. The first-order valence-electron chi connectivity index (χ1n) is 6.68. The van der Waals surface area contributed by atoms with Gasteiger partial charge in [-0.25, -0.2) is 4.39 Å². The molecule has 0 spiro atoms. The Kier molecular flexibility index (Phi) is 3.21. The van der Waals surface area contributed by atoms with Crippen LogP contribution in [0, 0.1) is 5.82 Å². The van der Waals surface area contributed by atoms with Crippen molar-refractivity contribution in [3.63, 3.8) is 0 Å². The molecule has 4 heteroatoms. The maximum atomic E-state index is 13.7. The first kappa shape index (κ1) is 12.5. The summed E-state index contributed by atoms with van der Waals surface area (Å²) in [5, 5.41) is 0.855. The molecule has 1 aromatic heterocycles. The number of aromatic nitrogens is 1. The van der Waals surface area contributed by atoms with Gasteiger partial charge in [0.25, 0.3) is 0 Å². The molecule has 19 heavy (non-hydrogen) atoms. The Morgan fingerprint density at radius 2 is 2.32 bits per heavy atom. The van der Waals surface area contributed by atoms with Crippen LogP contribution in [0.5, 0.6) is 0 Å². The Hall–Kier alpha value is -1.52. The van der Waals surface area contributed by atoms with E-state index in [1.807, 2.05) is 12.1 Å². The molecule has 100 valence electrons. The normalized spacial score (nSPS) is 24.2.